The van der Waals surface area contributed by atoms with E-state index in [1.807, 2.05) is 6.92 Å². The van der Waals surface area contributed by atoms with Crippen LogP contribution in [-0.4, -0.2) is 18.5 Å². The van der Waals surface area contributed by atoms with Crippen molar-refractivity contribution in [2.24, 2.45) is 5.73 Å². The third kappa shape index (κ3) is 5.98. The number of carbonyl (C=O) groups is 1. The molecule has 0 fully saturated rings. The van der Waals surface area contributed by atoms with Crippen LogP contribution in [0.5, 0.6) is 0 Å². The summed E-state index contributed by atoms with van der Waals surface area (Å²) < 4.78 is 13.4. The zero-order chi connectivity index (χ0) is 12.7. The number of hydrogen-bond acceptors (Lipinski definition) is 2. The van der Waals surface area contributed by atoms with Crippen molar-refractivity contribution in [3.8, 4) is 0 Å². The molecule has 3 nitrogen and oxygen atoms in total. The highest BCUT2D eigenvalue weighted by atomic mass is 35.5. The zero-order valence-corrected chi connectivity index (χ0v) is 11.3. The Labute approximate surface area is 113 Å². The highest BCUT2D eigenvalue weighted by Gasteiger charge is 2.09. The molecule has 0 heterocycles. The summed E-state index contributed by atoms with van der Waals surface area (Å²) in [7, 11) is 0. The van der Waals surface area contributed by atoms with Crippen molar-refractivity contribution < 1.29 is 9.18 Å². The fraction of sp³-hybridized carbons (Fsp3) is 0.462. The van der Waals surface area contributed by atoms with E-state index in [9.17, 15) is 9.18 Å². The molecule has 1 rings (SSSR count). The predicted molar refractivity (Wildman–Crippen MR) is 73.2 cm³/mol. The molecule has 0 aliphatic rings. The number of halogens is 2. The van der Waals surface area contributed by atoms with E-state index in [4.69, 9.17) is 5.73 Å². The molecular weight excluding hydrogens is 255 g/mol. The van der Waals surface area contributed by atoms with Gasteiger partial charge in [0.15, 0.2) is 0 Å². The van der Waals surface area contributed by atoms with Gasteiger partial charge in [-0.05, 0) is 37.9 Å². The summed E-state index contributed by atoms with van der Waals surface area (Å²) in [5, 5.41) is 2.83. The first-order chi connectivity index (χ1) is 8.13. The average molecular weight is 275 g/mol. The molecule has 1 aromatic rings. The first-order valence-corrected chi connectivity index (χ1v) is 5.86. The lowest BCUT2D eigenvalue weighted by Gasteiger charge is -2.14. The van der Waals surface area contributed by atoms with Gasteiger partial charge in [-0.15, -0.1) is 12.4 Å². The van der Waals surface area contributed by atoms with E-state index in [-0.39, 0.29) is 30.2 Å². The number of hydrogen-bond donors (Lipinski definition) is 2. The topological polar surface area (TPSA) is 55.1 Å². The van der Waals surface area contributed by atoms with Gasteiger partial charge < -0.3 is 11.1 Å². The first-order valence-electron chi connectivity index (χ1n) is 5.86. The van der Waals surface area contributed by atoms with Gasteiger partial charge in [-0.3, -0.25) is 4.79 Å². The average Bonchev–Trinajstić information content (AvgIpc) is 2.29. The molecule has 0 aliphatic carbocycles. The summed E-state index contributed by atoms with van der Waals surface area (Å²) in [5.74, 6) is -0.255. The maximum Gasteiger partial charge on any atom is 0.220 e. The smallest absolute Gasteiger partial charge is 0.220 e. The van der Waals surface area contributed by atoms with E-state index >= 15 is 0 Å². The minimum Gasteiger partial charge on any atom is -0.353 e. The van der Waals surface area contributed by atoms with Crippen LogP contribution in [0.4, 0.5) is 4.39 Å². The maximum absolute atomic E-state index is 13.4. The molecule has 0 saturated carbocycles. The highest BCUT2D eigenvalue weighted by Crippen LogP contribution is 2.09. The SMILES string of the molecule is CC(Cc1ccccc1F)NC(=O)CCCN.Cl. The van der Waals surface area contributed by atoms with E-state index in [2.05, 4.69) is 5.32 Å². The Kier molecular flexibility index (Phi) is 8.33. The Bertz CT molecular complexity index is 374. The van der Waals surface area contributed by atoms with Gasteiger partial charge in [0.25, 0.3) is 0 Å². The van der Waals surface area contributed by atoms with Crippen LogP contribution in [0.25, 0.3) is 0 Å². The van der Waals surface area contributed by atoms with Gasteiger partial charge in [0.2, 0.25) is 5.91 Å². The number of benzene rings is 1. The molecule has 1 atom stereocenters. The number of nitrogens with one attached hydrogen (secondary N) is 1. The van der Waals surface area contributed by atoms with Gasteiger partial charge in [-0.2, -0.15) is 0 Å². The van der Waals surface area contributed by atoms with E-state index in [0.717, 1.165) is 0 Å². The summed E-state index contributed by atoms with van der Waals surface area (Å²) in [6.07, 6.45) is 1.61. The molecule has 0 aliphatic heterocycles. The number of carbonyl (C=O) groups excluding carboxylic acids is 1. The van der Waals surface area contributed by atoms with Crippen LogP contribution in [0.2, 0.25) is 0 Å². The Hall–Kier alpha value is -1.13. The van der Waals surface area contributed by atoms with E-state index in [1.54, 1.807) is 18.2 Å². The van der Waals surface area contributed by atoms with Crippen LogP contribution >= 0.6 is 12.4 Å². The van der Waals surface area contributed by atoms with Gasteiger partial charge in [-0.25, -0.2) is 4.39 Å². The van der Waals surface area contributed by atoms with Crippen molar-refractivity contribution in [1.82, 2.24) is 5.32 Å². The van der Waals surface area contributed by atoms with Crippen molar-refractivity contribution in [2.45, 2.75) is 32.2 Å². The second kappa shape index (κ2) is 8.89. The molecule has 0 aromatic heterocycles. The van der Waals surface area contributed by atoms with Crippen LogP contribution in [0.3, 0.4) is 0 Å². The van der Waals surface area contributed by atoms with Crippen molar-refractivity contribution in [2.75, 3.05) is 6.54 Å². The van der Waals surface area contributed by atoms with Gasteiger partial charge in [0.05, 0.1) is 0 Å². The fourth-order valence-electron chi connectivity index (χ4n) is 1.65. The molecular formula is C13H20ClFN2O. The molecule has 5 heteroatoms. The third-order valence-electron chi connectivity index (χ3n) is 2.50. The minimum atomic E-state index is -0.226. The Morgan fingerprint density at radius 1 is 1.44 bits per heavy atom. The zero-order valence-electron chi connectivity index (χ0n) is 10.5. The molecule has 0 radical (unpaired) electrons. The normalized spacial score (nSPS) is 11.5. The van der Waals surface area contributed by atoms with Gasteiger partial charge in [0.1, 0.15) is 5.82 Å². The summed E-state index contributed by atoms with van der Waals surface area (Å²) in [4.78, 5) is 11.4. The summed E-state index contributed by atoms with van der Waals surface area (Å²) in [6, 6.07) is 6.54. The molecule has 1 amide bonds. The molecule has 1 aromatic carbocycles. The van der Waals surface area contributed by atoms with Crippen LogP contribution in [0.15, 0.2) is 24.3 Å². The lowest BCUT2D eigenvalue weighted by molar-refractivity contribution is -0.121. The van der Waals surface area contributed by atoms with Crippen molar-refractivity contribution in [1.29, 1.82) is 0 Å². The summed E-state index contributed by atoms with van der Waals surface area (Å²) in [5.41, 5.74) is 5.95. The summed E-state index contributed by atoms with van der Waals surface area (Å²) in [6.45, 7) is 2.38. The van der Waals surface area contributed by atoms with Crippen LogP contribution in [0.1, 0.15) is 25.3 Å². The second-order valence-corrected chi connectivity index (χ2v) is 4.16. The Morgan fingerprint density at radius 2 is 2.11 bits per heavy atom. The number of rotatable bonds is 6. The van der Waals surface area contributed by atoms with Gasteiger partial charge in [-0.1, -0.05) is 18.2 Å². The van der Waals surface area contributed by atoms with Gasteiger partial charge >= 0.3 is 0 Å². The van der Waals surface area contributed by atoms with Crippen LogP contribution < -0.4 is 11.1 Å². The molecule has 0 saturated heterocycles. The number of amides is 1. The summed E-state index contributed by atoms with van der Waals surface area (Å²) >= 11 is 0. The predicted octanol–water partition coefficient (Wildman–Crippen LogP) is 2.03. The Balaban J connectivity index is 0.00000289. The van der Waals surface area contributed by atoms with E-state index in [0.29, 0.717) is 31.4 Å². The molecule has 1 unspecified atom stereocenters. The van der Waals surface area contributed by atoms with Crippen molar-refractivity contribution >= 4 is 18.3 Å². The molecule has 0 bridgehead atoms. The van der Waals surface area contributed by atoms with E-state index < -0.39 is 0 Å². The molecule has 3 N–H and O–H groups in total. The lowest BCUT2D eigenvalue weighted by atomic mass is 10.1. The lowest BCUT2D eigenvalue weighted by Crippen LogP contribution is -2.34. The van der Waals surface area contributed by atoms with Crippen LogP contribution in [-0.2, 0) is 11.2 Å². The molecule has 18 heavy (non-hydrogen) atoms. The second-order valence-electron chi connectivity index (χ2n) is 4.16. The monoisotopic (exact) mass is 274 g/mol. The van der Waals surface area contributed by atoms with Crippen LogP contribution in [0, 0.1) is 5.82 Å². The first kappa shape index (κ1) is 16.9. The largest absolute Gasteiger partial charge is 0.353 e. The Morgan fingerprint density at radius 3 is 2.72 bits per heavy atom. The molecule has 0 spiro atoms. The standard InChI is InChI=1S/C13H19FN2O.ClH/c1-10(16-13(17)7-4-8-15)9-11-5-2-3-6-12(11)14;/h2-3,5-6,10H,4,7-9,15H2,1H3,(H,16,17);1H. The van der Waals surface area contributed by atoms with E-state index in [1.165, 1.54) is 6.07 Å². The fourth-order valence-corrected chi connectivity index (χ4v) is 1.65. The van der Waals surface area contributed by atoms with Crippen molar-refractivity contribution in [3.63, 3.8) is 0 Å². The molecule has 102 valence electrons. The highest BCUT2D eigenvalue weighted by molar-refractivity contribution is 5.85. The maximum atomic E-state index is 13.4. The minimum absolute atomic E-state index is 0. The van der Waals surface area contributed by atoms with Gasteiger partial charge in [0, 0.05) is 12.5 Å². The third-order valence-corrected chi connectivity index (χ3v) is 2.50. The quantitative estimate of drug-likeness (QED) is 0.834. The van der Waals surface area contributed by atoms with Crippen molar-refractivity contribution in [3.05, 3.63) is 35.6 Å². The number of nitrogens with two attached hydrogens (primary N) is 1.